The molecular formula is C30H28Cl2N2O2Y-2. The predicted molar refractivity (Wildman–Crippen MR) is 153 cm³/mol. The molecule has 0 aliphatic heterocycles. The molecule has 0 aliphatic carbocycles. The van der Waals surface area contributed by atoms with Gasteiger partial charge in [0.2, 0.25) is 0 Å². The van der Waals surface area contributed by atoms with Crippen LogP contribution < -0.4 is 10.5 Å². The Bertz CT molecular complexity index is 1410. The number of fused-ring (bicyclic) bond motifs is 1. The van der Waals surface area contributed by atoms with E-state index in [9.17, 15) is 4.79 Å². The molecule has 0 fully saturated rings. The first-order chi connectivity index (χ1) is 16.7. The molecule has 0 spiro atoms. The van der Waals surface area contributed by atoms with Crippen molar-refractivity contribution in [3.05, 3.63) is 113 Å². The van der Waals surface area contributed by atoms with Crippen molar-refractivity contribution in [3.63, 3.8) is 0 Å². The van der Waals surface area contributed by atoms with Gasteiger partial charge in [0.25, 0.3) is 0 Å². The molecule has 1 radical (unpaired) electrons. The summed E-state index contributed by atoms with van der Waals surface area (Å²) < 4.78 is 6.03. The molecule has 3 N–H and O–H groups in total. The van der Waals surface area contributed by atoms with Crippen LogP contribution >= 0.6 is 23.2 Å². The molecule has 0 heterocycles. The fourth-order valence-corrected chi connectivity index (χ4v) is 4.45. The Morgan fingerprint density at radius 2 is 1.46 bits per heavy atom. The summed E-state index contributed by atoms with van der Waals surface area (Å²) in [5, 5.41) is 2.82. The van der Waals surface area contributed by atoms with E-state index in [0.29, 0.717) is 32.6 Å². The summed E-state index contributed by atoms with van der Waals surface area (Å²) in [6, 6.07) is 24.5. The fraction of sp³-hybridized carbons (Fsp3) is 0.133. The average Bonchev–Trinajstić information content (AvgIpc) is 2.84. The second kappa shape index (κ2) is 13.4. The van der Waals surface area contributed by atoms with E-state index in [4.69, 9.17) is 39.4 Å². The van der Waals surface area contributed by atoms with E-state index >= 15 is 0 Å². The van der Waals surface area contributed by atoms with Crippen molar-refractivity contribution in [3.8, 4) is 16.9 Å². The van der Waals surface area contributed by atoms with Gasteiger partial charge in [0.15, 0.2) is 5.78 Å². The molecule has 4 aromatic carbocycles. The predicted octanol–water partition coefficient (Wildman–Crippen LogP) is 8.92. The molecule has 0 aliphatic rings. The first-order valence-electron chi connectivity index (χ1n) is 11.2. The largest absolute Gasteiger partial charge is 0.699 e. The van der Waals surface area contributed by atoms with Crippen LogP contribution in [0, 0.1) is 13.3 Å². The third kappa shape index (κ3) is 7.15. The van der Waals surface area contributed by atoms with Crippen LogP contribution in [0.5, 0.6) is 5.75 Å². The third-order valence-corrected chi connectivity index (χ3v) is 6.42. The molecule has 0 amide bonds. The van der Waals surface area contributed by atoms with Crippen LogP contribution in [-0.2, 0) is 37.5 Å². The van der Waals surface area contributed by atoms with Crippen molar-refractivity contribution in [1.82, 2.24) is 0 Å². The summed E-state index contributed by atoms with van der Waals surface area (Å²) in [5.41, 5.74) is 17.7. The maximum absolute atomic E-state index is 13.0. The number of halogens is 2. The molecule has 4 nitrogen and oxygen atoms in total. The van der Waals surface area contributed by atoms with Crippen molar-refractivity contribution in [2.45, 2.75) is 13.8 Å². The standard InChI is InChI=1S/C29H25Cl2N2O2.CH3.Y/c1-17(2)29(34)24(28(33)27-25(30)4-3-5-26(27)31)16-35-23-13-10-20-14-19(6-7-21(20)15-23)18-8-11-22(32)12-9-18;;/h3-15,17,32H,16H2,1-2H3,(H2,33,34);1H3;/q2*-1;. The normalized spacial score (nSPS) is 11.4. The molecule has 37 heavy (non-hydrogen) atoms. The van der Waals surface area contributed by atoms with Gasteiger partial charge in [-0.05, 0) is 52.2 Å². The van der Waals surface area contributed by atoms with E-state index in [2.05, 4.69) is 6.07 Å². The van der Waals surface area contributed by atoms with E-state index in [1.54, 1.807) is 30.3 Å². The van der Waals surface area contributed by atoms with Gasteiger partial charge in [-0.3, -0.25) is 4.79 Å². The number of rotatable bonds is 7. The summed E-state index contributed by atoms with van der Waals surface area (Å²) in [6.45, 7) is 3.62. The third-order valence-electron chi connectivity index (χ3n) is 5.79. The minimum atomic E-state index is -0.271. The fourth-order valence-electron chi connectivity index (χ4n) is 3.85. The Labute approximate surface area is 253 Å². The number of ketones is 1. The van der Waals surface area contributed by atoms with Crippen LogP contribution in [-0.4, -0.2) is 12.4 Å². The quantitative estimate of drug-likeness (QED) is 0.168. The van der Waals surface area contributed by atoms with E-state index in [1.165, 1.54) is 0 Å². The Balaban J connectivity index is 0.00000241. The van der Waals surface area contributed by atoms with Gasteiger partial charge in [-0.1, -0.05) is 85.6 Å². The van der Waals surface area contributed by atoms with Crippen molar-refractivity contribution >= 4 is 51.1 Å². The van der Waals surface area contributed by atoms with Crippen molar-refractivity contribution in [1.29, 1.82) is 0 Å². The monoisotopic (exact) mass is 607 g/mol. The Morgan fingerprint density at radius 3 is 2.08 bits per heavy atom. The zero-order chi connectivity index (χ0) is 25.1. The number of Topliss-reactive ketones (excluding diaryl/α,β-unsaturated/α-hetero) is 1. The van der Waals surface area contributed by atoms with Crippen molar-refractivity contribution in [2.75, 3.05) is 6.61 Å². The van der Waals surface area contributed by atoms with E-state index in [1.807, 2.05) is 56.3 Å². The van der Waals surface area contributed by atoms with Crippen molar-refractivity contribution < 1.29 is 42.2 Å². The number of ether oxygens (including phenoxy) is 1. The number of hydrogen-bond donors (Lipinski definition) is 1. The number of hydrogen-bond acceptors (Lipinski definition) is 3. The van der Waals surface area contributed by atoms with Gasteiger partial charge >= 0.3 is 0 Å². The summed E-state index contributed by atoms with van der Waals surface area (Å²) in [7, 11) is 0. The molecule has 0 saturated carbocycles. The molecule has 0 aromatic heterocycles. The molecule has 4 aromatic rings. The van der Waals surface area contributed by atoms with Gasteiger partial charge in [-0.2, -0.15) is 0 Å². The van der Waals surface area contributed by atoms with Gasteiger partial charge in [0, 0.05) is 44.2 Å². The van der Waals surface area contributed by atoms with Crippen LogP contribution in [0.3, 0.4) is 0 Å². The summed E-state index contributed by atoms with van der Waals surface area (Å²) in [4.78, 5) is 13.0. The number of nitrogens with one attached hydrogen (secondary N) is 1. The zero-order valence-corrected chi connectivity index (χ0v) is 25.4. The molecule has 7 heteroatoms. The number of nitrogens with two attached hydrogens (primary N) is 1. The SMILES string of the molecule is CC(C)C(=O)/C(COc1ccc2cc(-c3ccc([NH-])cc3)ccc2c1)=C(\N)c1c(Cl)cccc1Cl.[CH3-].[Y]. The topological polar surface area (TPSA) is 76.1 Å². The summed E-state index contributed by atoms with van der Waals surface area (Å²) in [6.07, 6.45) is 0. The van der Waals surface area contributed by atoms with E-state index in [-0.39, 0.29) is 64.1 Å². The second-order valence-electron chi connectivity index (χ2n) is 8.60. The van der Waals surface area contributed by atoms with Gasteiger partial charge in [0.1, 0.15) is 12.4 Å². The molecule has 0 atom stereocenters. The molecule has 0 bridgehead atoms. The minimum Gasteiger partial charge on any atom is -0.699 e. The number of carbonyl (C=O) groups excluding carboxylic acids is 1. The summed E-state index contributed by atoms with van der Waals surface area (Å²) in [5.74, 6) is 0.228. The van der Waals surface area contributed by atoms with Crippen LogP contribution in [0.4, 0.5) is 5.69 Å². The number of benzene rings is 4. The summed E-state index contributed by atoms with van der Waals surface area (Å²) >= 11 is 12.7. The van der Waals surface area contributed by atoms with Crippen LogP contribution in [0.2, 0.25) is 10.0 Å². The zero-order valence-electron chi connectivity index (χ0n) is 21.0. The van der Waals surface area contributed by atoms with E-state index in [0.717, 1.165) is 21.9 Å². The maximum atomic E-state index is 13.0. The molecule has 189 valence electrons. The van der Waals surface area contributed by atoms with Gasteiger partial charge in [0.05, 0.1) is 21.3 Å². The first-order valence-corrected chi connectivity index (χ1v) is 12.0. The maximum Gasteiger partial charge on any atom is 0.166 e. The van der Waals surface area contributed by atoms with Crippen LogP contribution in [0.1, 0.15) is 19.4 Å². The molecule has 0 saturated heterocycles. The van der Waals surface area contributed by atoms with Gasteiger partial charge in [-0.15, -0.1) is 5.69 Å². The van der Waals surface area contributed by atoms with E-state index < -0.39 is 0 Å². The minimum absolute atomic E-state index is 0. The van der Waals surface area contributed by atoms with Crippen LogP contribution in [0.25, 0.3) is 33.3 Å². The average molecular weight is 608 g/mol. The first kappa shape index (κ1) is 30.9. The van der Waals surface area contributed by atoms with Crippen molar-refractivity contribution in [2.24, 2.45) is 11.7 Å². The Hall–Kier alpha value is -2.37. The Morgan fingerprint density at radius 1 is 0.892 bits per heavy atom. The smallest absolute Gasteiger partial charge is 0.166 e. The van der Waals surface area contributed by atoms with Gasteiger partial charge < -0.3 is 23.6 Å². The molecule has 0 unspecified atom stereocenters. The van der Waals surface area contributed by atoms with Gasteiger partial charge in [-0.25, -0.2) is 0 Å². The van der Waals surface area contributed by atoms with Crippen LogP contribution in [0.15, 0.2) is 84.4 Å². The molecule has 4 rings (SSSR count). The molecular weight excluding hydrogens is 580 g/mol. The second-order valence-corrected chi connectivity index (χ2v) is 9.41. The Kier molecular flexibility index (Phi) is 11.2. The number of carbonyl (C=O) groups is 1.